The van der Waals surface area contributed by atoms with E-state index in [4.69, 9.17) is 15.9 Å². The van der Waals surface area contributed by atoms with E-state index in [0.29, 0.717) is 6.61 Å². The summed E-state index contributed by atoms with van der Waals surface area (Å²) >= 11 is 0. The maximum Gasteiger partial charge on any atom is 0.124 e. The molecule has 0 saturated heterocycles. The number of ether oxygens (including phenoxy) is 1. The topological polar surface area (TPSA) is 62.3 Å². The van der Waals surface area contributed by atoms with Crippen LogP contribution in [-0.2, 0) is 4.74 Å². The second-order valence-corrected chi connectivity index (χ2v) is 4.32. The Labute approximate surface area is 109 Å². The lowest BCUT2D eigenvalue weighted by molar-refractivity contribution is 0.138. The predicted octanol–water partition coefficient (Wildman–Crippen LogP) is 2.22. The SMILES string of the molecule is CCCCOCCN(C)c1ccccc1C(=N)N. The number of unbranched alkanes of at least 4 members (excludes halogenated alkanes) is 1. The van der Waals surface area contributed by atoms with Crippen molar-refractivity contribution in [2.75, 3.05) is 31.7 Å². The van der Waals surface area contributed by atoms with Crippen LogP contribution in [0.5, 0.6) is 0 Å². The Morgan fingerprint density at radius 3 is 2.72 bits per heavy atom. The molecule has 100 valence electrons. The third-order valence-electron chi connectivity index (χ3n) is 2.82. The molecule has 0 aromatic heterocycles. The zero-order valence-corrected chi connectivity index (χ0v) is 11.3. The average molecular weight is 249 g/mol. The Hall–Kier alpha value is -1.55. The molecule has 18 heavy (non-hydrogen) atoms. The Bertz CT molecular complexity index is 379. The number of nitrogens with two attached hydrogens (primary N) is 1. The summed E-state index contributed by atoms with van der Waals surface area (Å²) in [4.78, 5) is 2.07. The lowest BCUT2D eigenvalue weighted by atomic mass is 10.1. The van der Waals surface area contributed by atoms with E-state index in [1.165, 1.54) is 0 Å². The molecule has 0 aliphatic rings. The van der Waals surface area contributed by atoms with Crippen LogP contribution in [0.2, 0.25) is 0 Å². The van der Waals surface area contributed by atoms with Gasteiger partial charge in [0.15, 0.2) is 0 Å². The molecule has 0 amide bonds. The van der Waals surface area contributed by atoms with Crippen LogP contribution in [0.25, 0.3) is 0 Å². The highest BCUT2D eigenvalue weighted by atomic mass is 16.5. The molecular formula is C14H23N3O. The highest BCUT2D eigenvalue weighted by Gasteiger charge is 2.08. The number of benzene rings is 1. The van der Waals surface area contributed by atoms with Gasteiger partial charge in [-0.1, -0.05) is 25.5 Å². The molecule has 0 spiro atoms. The van der Waals surface area contributed by atoms with E-state index >= 15 is 0 Å². The van der Waals surface area contributed by atoms with Gasteiger partial charge in [0.25, 0.3) is 0 Å². The van der Waals surface area contributed by atoms with E-state index in [2.05, 4.69) is 11.8 Å². The minimum absolute atomic E-state index is 0.101. The van der Waals surface area contributed by atoms with E-state index in [9.17, 15) is 0 Å². The molecule has 3 N–H and O–H groups in total. The minimum atomic E-state index is 0.101. The smallest absolute Gasteiger partial charge is 0.124 e. The highest BCUT2D eigenvalue weighted by Crippen LogP contribution is 2.18. The Morgan fingerprint density at radius 1 is 1.33 bits per heavy atom. The summed E-state index contributed by atoms with van der Waals surface area (Å²) < 4.78 is 5.54. The van der Waals surface area contributed by atoms with Crippen LogP contribution in [0.3, 0.4) is 0 Å². The molecule has 0 aliphatic carbocycles. The Balaban J connectivity index is 2.51. The number of hydrogen-bond donors (Lipinski definition) is 2. The van der Waals surface area contributed by atoms with Crippen LogP contribution in [-0.4, -0.2) is 32.6 Å². The first-order valence-electron chi connectivity index (χ1n) is 6.39. The largest absolute Gasteiger partial charge is 0.384 e. The van der Waals surface area contributed by atoms with Crippen molar-refractivity contribution >= 4 is 11.5 Å². The number of likely N-dealkylation sites (N-methyl/N-ethyl adjacent to an activating group) is 1. The summed E-state index contributed by atoms with van der Waals surface area (Å²) in [5, 5.41) is 7.56. The number of nitrogens with one attached hydrogen (secondary N) is 1. The molecule has 1 rings (SSSR count). The molecular weight excluding hydrogens is 226 g/mol. The Kier molecular flexibility index (Phi) is 6.22. The van der Waals surface area contributed by atoms with Crippen molar-refractivity contribution in [3.8, 4) is 0 Å². The number of hydrogen-bond acceptors (Lipinski definition) is 3. The van der Waals surface area contributed by atoms with Gasteiger partial charge in [0.2, 0.25) is 0 Å². The summed E-state index contributed by atoms with van der Waals surface area (Å²) in [5.41, 5.74) is 7.32. The Morgan fingerprint density at radius 2 is 2.06 bits per heavy atom. The minimum Gasteiger partial charge on any atom is -0.384 e. The fourth-order valence-corrected chi connectivity index (χ4v) is 1.70. The standard InChI is InChI=1S/C14H23N3O/c1-3-4-10-18-11-9-17(2)13-8-6-5-7-12(13)14(15)16/h5-8H,3-4,9-11H2,1-2H3,(H3,15,16). The first-order chi connectivity index (χ1) is 8.66. The quantitative estimate of drug-likeness (QED) is 0.422. The molecule has 0 heterocycles. The maximum absolute atomic E-state index is 7.56. The van der Waals surface area contributed by atoms with Gasteiger partial charge in [-0.3, -0.25) is 5.41 Å². The number of para-hydroxylation sites is 1. The molecule has 4 heteroatoms. The van der Waals surface area contributed by atoms with Crippen molar-refractivity contribution < 1.29 is 4.74 Å². The van der Waals surface area contributed by atoms with Gasteiger partial charge >= 0.3 is 0 Å². The second-order valence-electron chi connectivity index (χ2n) is 4.32. The van der Waals surface area contributed by atoms with Gasteiger partial charge in [0.1, 0.15) is 5.84 Å². The number of nitrogen functional groups attached to an aromatic ring is 1. The summed E-state index contributed by atoms with van der Waals surface area (Å²) in [6.07, 6.45) is 2.26. The summed E-state index contributed by atoms with van der Waals surface area (Å²) in [5.74, 6) is 0.101. The number of anilines is 1. The van der Waals surface area contributed by atoms with Gasteiger partial charge in [0, 0.05) is 31.5 Å². The van der Waals surface area contributed by atoms with Gasteiger partial charge in [0.05, 0.1) is 6.61 Å². The molecule has 0 atom stereocenters. The van der Waals surface area contributed by atoms with Gasteiger partial charge in [-0.2, -0.15) is 0 Å². The normalized spacial score (nSPS) is 10.3. The van der Waals surface area contributed by atoms with Crippen LogP contribution in [0, 0.1) is 5.41 Å². The van der Waals surface area contributed by atoms with Crippen LogP contribution in [0.4, 0.5) is 5.69 Å². The van der Waals surface area contributed by atoms with Crippen molar-refractivity contribution in [1.82, 2.24) is 0 Å². The number of amidine groups is 1. The third kappa shape index (κ3) is 4.37. The molecule has 0 bridgehead atoms. The maximum atomic E-state index is 7.56. The molecule has 0 saturated carbocycles. The van der Waals surface area contributed by atoms with E-state index in [1.54, 1.807) is 0 Å². The van der Waals surface area contributed by atoms with E-state index in [1.807, 2.05) is 31.3 Å². The lowest BCUT2D eigenvalue weighted by Crippen LogP contribution is -2.26. The molecule has 1 aromatic carbocycles. The molecule has 1 aromatic rings. The van der Waals surface area contributed by atoms with Crippen LogP contribution < -0.4 is 10.6 Å². The van der Waals surface area contributed by atoms with Gasteiger partial charge in [-0.25, -0.2) is 0 Å². The van der Waals surface area contributed by atoms with Gasteiger partial charge in [-0.05, 0) is 18.6 Å². The summed E-state index contributed by atoms with van der Waals surface area (Å²) in [6, 6.07) is 7.69. The van der Waals surface area contributed by atoms with Crippen molar-refractivity contribution in [1.29, 1.82) is 5.41 Å². The summed E-state index contributed by atoms with van der Waals surface area (Å²) in [6.45, 7) is 4.47. The zero-order chi connectivity index (χ0) is 13.4. The highest BCUT2D eigenvalue weighted by molar-refractivity contribution is 6.00. The van der Waals surface area contributed by atoms with E-state index in [0.717, 1.165) is 37.2 Å². The zero-order valence-electron chi connectivity index (χ0n) is 11.3. The predicted molar refractivity (Wildman–Crippen MR) is 76.5 cm³/mol. The van der Waals surface area contributed by atoms with E-state index < -0.39 is 0 Å². The van der Waals surface area contributed by atoms with Crippen molar-refractivity contribution in [3.05, 3.63) is 29.8 Å². The molecule has 0 fully saturated rings. The van der Waals surface area contributed by atoms with Crippen molar-refractivity contribution in [2.45, 2.75) is 19.8 Å². The molecule has 0 aliphatic heterocycles. The molecule has 4 nitrogen and oxygen atoms in total. The first kappa shape index (κ1) is 14.5. The molecule has 0 unspecified atom stereocenters. The van der Waals surface area contributed by atoms with Crippen molar-refractivity contribution in [3.63, 3.8) is 0 Å². The summed E-state index contributed by atoms with van der Waals surface area (Å²) in [7, 11) is 1.99. The average Bonchev–Trinajstić information content (AvgIpc) is 2.38. The van der Waals surface area contributed by atoms with Gasteiger partial charge in [-0.15, -0.1) is 0 Å². The first-order valence-corrected chi connectivity index (χ1v) is 6.39. The van der Waals surface area contributed by atoms with Crippen LogP contribution in [0.15, 0.2) is 24.3 Å². The number of nitrogens with zero attached hydrogens (tertiary/aromatic N) is 1. The van der Waals surface area contributed by atoms with Crippen LogP contribution >= 0.6 is 0 Å². The number of rotatable bonds is 8. The molecule has 0 radical (unpaired) electrons. The monoisotopic (exact) mass is 249 g/mol. The van der Waals surface area contributed by atoms with Crippen molar-refractivity contribution in [2.24, 2.45) is 5.73 Å². The lowest BCUT2D eigenvalue weighted by Gasteiger charge is -2.22. The third-order valence-corrected chi connectivity index (χ3v) is 2.82. The van der Waals surface area contributed by atoms with E-state index in [-0.39, 0.29) is 5.84 Å². The fourth-order valence-electron chi connectivity index (χ4n) is 1.70. The fraction of sp³-hybridized carbons (Fsp3) is 0.500. The van der Waals surface area contributed by atoms with Gasteiger partial charge < -0.3 is 15.4 Å². The second kappa shape index (κ2) is 7.71. The van der Waals surface area contributed by atoms with Crippen LogP contribution in [0.1, 0.15) is 25.3 Å².